The Morgan fingerprint density at radius 1 is 1.20 bits per heavy atom. The summed E-state index contributed by atoms with van der Waals surface area (Å²) in [5.41, 5.74) is 7.74. The highest BCUT2D eigenvalue weighted by Crippen LogP contribution is 2.19. The van der Waals surface area contributed by atoms with Crippen LogP contribution in [0.2, 0.25) is 0 Å². The third-order valence-corrected chi connectivity index (χ3v) is 3.04. The minimum absolute atomic E-state index is 0.672. The molecule has 2 rings (SSSR count). The molecule has 0 bridgehead atoms. The molecule has 0 unspecified atom stereocenters. The average molecular weight is 271 g/mol. The first kappa shape index (κ1) is 14.3. The molecule has 0 spiro atoms. The molecular formula is C16H21N3O. The standard InChI is InChI=1S/C16H21N3O/c1-19(13-14-6-4-9-18-12-14)10-5-11-20-16-8-3-2-7-15(16)17/h2-4,6-9,12H,5,10-11,13,17H2,1H3. The quantitative estimate of drug-likeness (QED) is 0.621. The Balaban J connectivity index is 1.67. The smallest absolute Gasteiger partial charge is 0.142 e. The maximum absolute atomic E-state index is 5.82. The Bertz CT molecular complexity index is 516. The van der Waals surface area contributed by atoms with E-state index in [4.69, 9.17) is 10.5 Å². The van der Waals surface area contributed by atoms with Gasteiger partial charge in [-0.3, -0.25) is 4.98 Å². The van der Waals surface area contributed by atoms with Crippen molar-refractivity contribution in [2.75, 3.05) is 25.9 Å². The second kappa shape index (κ2) is 7.50. The number of nitrogen functional groups attached to an aromatic ring is 1. The zero-order chi connectivity index (χ0) is 14.2. The Kier molecular flexibility index (Phi) is 5.38. The SMILES string of the molecule is CN(CCCOc1ccccc1N)Cc1cccnc1. The van der Waals surface area contributed by atoms with Crippen molar-refractivity contribution in [3.63, 3.8) is 0 Å². The number of hydrogen-bond donors (Lipinski definition) is 1. The van der Waals surface area contributed by atoms with Crippen LogP contribution in [0.15, 0.2) is 48.8 Å². The molecule has 0 aliphatic rings. The largest absolute Gasteiger partial charge is 0.491 e. The predicted molar refractivity (Wildman–Crippen MR) is 81.5 cm³/mol. The van der Waals surface area contributed by atoms with Crippen molar-refractivity contribution in [1.82, 2.24) is 9.88 Å². The Hall–Kier alpha value is -2.07. The van der Waals surface area contributed by atoms with E-state index in [-0.39, 0.29) is 0 Å². The number of pyridine rings is 1. The van der Waals surface area contributed by atoms with Crippen molar-refractivity contribution in [1.29, 1.82) is 0 Å². The van der Waals surface area contributed by atoms with Gasteiger partial charge in [-0.15, -0.1) is 0 Å². The average Bonchev–Trinajstić information content (AvgIpc) is 2.46. The van der Waals surface area contributed by atoms with Gasteiger partial charge >= 0.3 is 0 Å². The summed E-state index contributed by atoms with van der Waals surface area (Å²) in [6.45, 7) is 2.55. The molecule has 106 valence electrons. The van der Waals surface area contributed by atoms with E-state index in [9.17, 15) is 0 Å². The highest BCUT2D eigenvalue weighted by atomic mass is 16.5. The molecule has 0 aliphatic heterocycles. The molecule has 1 heterocycles. The van der Waals surface area contributed by atoms with Gasteiger partial charge in [-0.2, -0.15) is 0 Å². The van der Waals surface area contributed by atoms with Gasteiger partial charge in [0.05, 0.1) is 12.3 Å². The van der Waals surface area contributed by atoms with Crippen LogP contribution in [0, 0.1) is 0 Å². The van der Waals surface area contributed by atoms with Crippen molar-refractivity contribution >= 4 is 5.69 Å². The molecule has 4 nitrogen and oxygen atoms in total. The molecule has 0 radical (unpaired) electrons. The summed E-state index contributed by atoms with van der Waals surface area (Å²) in [7, 11) is 2.10. The molecule has 4 heteroatoms. The molecular weight excluding hydrogens is 250 g/mol. The maximum Gasteiger partial charge on any atom is 0.142 e. The second-order valence-corrected chi connectivity index (χ2v) is 4.84. The fourth-order valence-electron chi connectivity index (χ4n) is 2.01. The summed E-state index contributed by atoms with van der Waals surface area (Å²) in [5.74, 6) is 0.766. The van der Waals surface area contributed by atoms with Crippen molar-refractivity contribution in [3.8, 4) is 5.75 Å². The minimum atomic E-state index is 0.672. The van der Waals surface area contributed by atoms with Gasteiger partial charge in [0.25, 0.3) is 0 Å². The molecule has 1 aromatic carbocycles. The zero-order valence-corrected chi connectivity index (χ0v) is 11.8. The van der Waals surface area contributed by atoms with Gasteiger partial charge in [-0.1, -0.05) is 18.2 Å². The first-order valence-corrected chi connectivity index (χ1v) is 6.80. The van der Waals surface area contributed by atoms with Crippen molar-refractivity contribution in [2.24, 2.45) is 0 Å². The number of aromatic nitrogens is 1. The molecule has 0 amide bonds. The van der Waals surface area contributed by atoms with E-state index in [0.29, 0.717) is 12.3 Å². The van der Waals surface area contributed by atoms with E-state index < -0.39 is 0 Å². The molecule has 0 saturated carbocycles. The molecule has 0 aliphatic carbocycles. The van der Waals surface area contributed by atoms with Crippen LogP contribution >= 0.6 is 0 Å². The van der Waals surface area contributed by atoms with Gasteiger partial charge in [-0.25, -0.2) is 0 Å². The van der Waals surface area contributed by atoms with Crippen LogP contribution < -0.4 is 10.5 Å². The van der Waals surface area contributed by atoms with Crippen molar-refractivity contribution in [2.45, 2.75) is 13.0 Å². The van der Waals surface area contributed by atoms with Crippen LogP contribution in [0.1, 0.15) is 12.0 Å². The lowest BCUT2D eigenvalue weighted by atomic mass is 10.2. The minimum Gasteiger partial charge on any atom is -0.491 e. The number of rotatable bonds is 7. The van der Waals surface area contributed by atoms with E-state index in [2.05, 4.69) is 23.0 Å². The summed E-state index contributed by atoms with van der Waals surface area (Å²) in [4.78, 5) is 6.38. The van der Waals surface area contributed by atoms with Crippen LogP contribution in [0.5, 0.6) is 5.75 Å². The number of anilines is 1. The molecule has 2 N–H and O–H groups in total. The lowest BCUT2D eigenvalue weighted by molar-refractivity contribution is 0.259. The van der Waals surface area contributed by atoms with Gasteiger partial charge in [-0.05, 0) is 37.2 Å². The number of para-hydroxylation sites is 2. The maximum atomic E-state index is 5.82. The third-order valence-electron chi connectivity index (χ3n) is 3.04. The van der Waals surface area contributed by atoms with Crippen LogP contribution in [0.25, 0.3) is 0 Å². The van der Waals surface area contributed by atoms with Crippen molar-refractivity contribution in [3.05, 3.63) is 54.4 Å². The van der Waals surface area contributed by atoms with Crippen molar-refractivity contribution < 1.29 is 4.74 Å². The number of benzene rings is 1. The topological polar surface area (TPSA) is 51.4 Å². The fraction of sp³-hybridized carbons (Fsp3) is 0.312. The summed E-state index contributed by atoms with van der Waals surface area (Å²) < 4.78 is 5.67. The summed E-state index contributed by atoms with van der Waals surface area (Å²) in [5, 5.41) is 0. The number of nitrogens with zero attached hydrogens (tertiary/aromatic N) is 2. The lowest BCUT2D eigenvalue weighted by Gasteiger charge is -2.16. The lowest BCUT2D eigenvalue weighted by Crippen LogP contribution is -2.20. The van der Waals surface area contributed by atoms with Crippen LogP contribution in [-0.2, 0) is 6.54 Å². The van der Waals surface area contributed by atoms with Gasteiger partial charge in [0.2, 0.25) is 0 Å². The second-order valence-electron chi connectivity index (χ2n) is 4.84. The van der Waals surface area contributed by atoms with E-state index in [1.54, 1.807) is 6.20 Å². The van der Waals surface area contributed by atoms with Gasteiger partial charge < -0.3 is 15.4 Å². The normalized spacial score (nSPS) is 10.7. The number of ether oxygens (including phenoxy) is 1. The van der Waals surface area contributed by atoms with Gasteiger partial charge in [0, 0.05) is 25.5 Å². The van der Waals surface area contributed by atoms with E-state index >= 15 is 0 Å². The first-order valence-electron chi connectivity index (χ1n) is 6.80. The molecule has 2 aromatic rings. The predicted octanol–water partition coefficient (Wildman–Crippen LogP) is 2.56. The Morgan fingerprint density at radius 2 is 2.05 bits per heavy atom. The van der Waals surface area contributed by atoms with Crippen LogP contribution in [-0.4, -0.2) is 30.1 Å². The summed E-state index contributed by atoms with van der Waals surface area (Å²) in [6.07, 6.45) is 4.66. The molecule has 0 fully saturated rings. The Labute approximate surface area is 120 Å². The first-order chi connectivity index (χ1) is 9.75. The van der Waals surface area contributed by atoms with Crippen LogP contribution in [0.3, 0.4) is 0 Å². The molecule has 1 aromatic heterocycles. The third kappa shape index (κ3) is 4.55. The highest BCUT2D eigenvalue weighted by molar-refractivity contribution is 5.51. The molecule has 0 saturated heterocycles. The Morgan fingerprint density at radius 3 is 2.80 bits per heavy atom. The molecule has 20 heavy (non-hydrogen) atoms. The molecule has 0 atom stereocenters. The van der Waals surface area contributed by atoms with Gasteiger partial charge in [0.15, 0.2) is 0 Å². The summed E-state index contributed by atoms with van der Waals surface area (Å²) in [6, 6.07) is 11.6. The van der Waals surface area contributed by atoms with Crippen LogP contribution in [0.4, 0.5) is 5.69 Å². The highest BCUT2D eigenvalue weighted by Gasteiger charge is 2.02. The van der Waals surface area contributed by atoms with E-state index in [0.717, 1.165) is 25.3 Å². The fourth-order valence-corrected chi connectivity index (χ4v) is 2.01. The van der Waals surface area contributed by atoms with E-state index in [1.165, 1.54) is 5.56 Å². The monoisotopic (exact) mass is 271 g/mol. The number of hydrogen-bond acceptors (Lipinski definition) is 4. The zero-order valence-electron chi connectivity index (χ0n) is 11.8. The van der Waals surface area contributed by atoms with E-state index in [1.807, 2.05) is 36.5 Å². The summed E-state index contributed by atoms with van der Waals surface area (Å²) >= 11 is 0. The van der Waals surface area contributed by atoms with Gasteiger partial charge in [0.1, 0.15) is 5.75 Å². The number of nitrogens with two attached hydrogens (primary N) is 1.